The lowest BCUT2D eigenvalue weighted by Crippen LogP contribution is -2.45. The fourth-order valence-corrected chi connectivity index (χ4v) is 4.31. The number of furan rings is 1. The van der Waals surface area contributed by atoms with Gasteiger partial charge in [-0.2, -0.15) is 5.26 Å². The van der Waals surface area contributed by atoms with Gasteiger partial charge in [0, 0.05) is 4.90 Å². The second-order valence-electron chi connectivity index (χ2n) is 6.11. The fourth-order valence-electron chi connectivity index (χ4n) is 3.24. The SMILES string of the molecule is N#CC1=C(N)N(CC(=O)O)C(=O)/C(=C2/Nc3ccccc3S2)C1c1ccco1. The molecule has 2 aromatic rings. The van der Waals surface area contributed by atoms with E-state index >= 15 is 0 Å². The van der Waals surface area contributed by atoms with E-state index in [-0.39, 0.29) is 17.0 Å². The number of nitrogens with one attached hydrogen (secondary N) is 1. The molecule has 4 rings (SSSR count). The molecule has 3 heterocycles. The van der Waals surface area contributed by atoms with Crippen LogP contribution in [0.25, 0.3) is 0 Å². The number of carbonyl (C=O) groups is 2. The molecule has 1 aromatic carbocycles. The Kier molecular flexibility index (Phi) is 4.33. The maximum atomic E-state index is 13.3. The van der Waals surface area contributed by atoms with Gasteiger partial charge in [-0.05, 0) is 24.3 Å². The van der Waals surface area contributed by atoms with Gasteiger partial charge in [-0.25, -0.2) is 0 Å². The zero-order valence-electron chi connectivity index (χ0n) is 14.4. The average Bonchev–Trinajstić information content (AvgIpc) is 3.33. The number of benzene rings is 1. The van der Waals surface area contributed by atoms with Crippen molar-refractivity contribution in [2.24, 2.45) is 5.73 Å². The fraction of sp³-hybridized carbons (Fsp3) is 0.105. The normalized spacial score (nSPS) is 21.3. The molecular weight excluding hydrogens is 380 g/mol. The van der Waals surface area contributed by atoms with Gasteiger partial charge in [0.15, 0.2) is 0 Å². The first kappa shape index (κ1) is 17.8. The lowest BCUT2D eigenvalue weighted by Gasteiger charge is -2.33. The number of thioether (sulfide) groups is 1. The first-order valence-corrected chi connectivity index (χ1v) is 9.07. The molecule has 1 atom stereocenters. The summed E-state index contributed by atoms with van der Waals surface area (Å²) in [5.41, 5.74) is 7.14. The van der Waals surface area contributed by atoms with Crippen LogP contribution in [0.3, 0.4) is 0 Å². The third-order valence-corrected chi connectivity index (χ3v) is 5.56. The van der Waals surface area contributed by atoms with Crippen LogP contribution in [0.15, 0.2) is 74.0 Å². The maximum Gasteiger partial charge on any atom is 0.323 e. The Hall–Kier alpha value is -3.64. The van der Waals surface area contributed by atoms with Gasteiger partial charge in [-0.1, -0.05) is 23.9 Å². The van der Waals surface area contributed by atoms with Gasteiger partial charge in [0.25, 0.3) is 5.91 Å². The number of allylic oxidation sites excluding steroid dienone is 1. The van der Waals surface area contributed by atoms with Crippen LogP contribution in [0.4, 0.5) is 5.69 Å². The van der Waals surface area contributed by atoms with Crippen molar-refractivity contribution < 1.29 is 19.1 Å². The van der Waals surface area contributed by atoms with Crippen LogP contribution in [-0.4, -0.2) is 28.4 Å². The molecule has 28 heavy (non-hydrogen) atoms. The summed E-state index contributed by atoms with van der Waals surface area (Å²) in [7, 11) is 0. The van der Waals surface area contributed by atoms with Crippen molar-refractivity contribution in [2.45, 2.75) is 10.8 Å². The lowest BCUT2D eigenvalue weighted by molar-refractivity contribution is -0.142. The number of rotatable bonds is 3. The van der Waals surface area contributed by atoms with E-state index in [2.05, 4.69) is 5.32 Å². The van der Waals surface area contributed by atoms with Crippen LogP contribution in [0.1, 0.15) is 11.7 Å². The van der Waals surface area contributed by atoms with Crippen molar-refractivity contribution in [3.05, 3.63) is 70.4 Å². The molecule has 0 radical (unpaired) electrons. The predicted molar refractivity (Wildman–Crippen MR) is 101 cm³/mol. The van der Waals surface area contributed by atoms with Crippen LogP contribution in [0.5, 0.6) is 0 Å². The zero-order chi connectivity index (χ0) is 19.8. The van der Waals surface area contributed by atoms with E-state index in [1.54, 1.807) is 12.1 Å². The van der Waals surface area contributed by atoms with Crippen LogP contribution in [-0.2, 0) is 9.59 Å². The molecule has 1 unspecified atom stereocenters. The van der Waals surface area contributed by atoms with Crippen molar-refractivity contribution >= 4 is 29.3 Å². The summed E-state index contributed by atoms with van der Waals surface area (Å²) < 4.78 is 5.49. The molecule has 0 spiro atoms. The number of hydrogen-bond donors (Lipinski definition) is 3. The van der Waals surface area contributed by atoms with Gasteiger partial charge in [-0.15, -0.1) is 0 Å². The second-order valence-corrected chi connectivity index (χ2v) is 7.16. The third kappa shape index (κ3) is 2.80. The number of nitrogens with two attached hydrogens (primary N) is 1. The van der Waals surface area contributed by atoms with E-state index in [1.807, 2.05) is 30.3 Å². The average molecular weight is 394 g/mol. The maximum absolute atomic E-state index is 13.3. The summed E-state index contributed by atoms with van der Waals surface area (Å²) >= 11 is 1.34. The first-order valence-electron chi connectivity index (χ1n) is 8.26. The smallest absolute Gasteiger partial charge is 0.323 e. The summed E-state index contributed by atoms with van der Waals surface area (Å²) in [5, 5.41) is 22.6. The highest BCUT2D eigenvalue weighted by molar-refractivity contribution is 8.03. The molecule has 140 valence electrons. The van der Waals surface area contributed by atoms with Crippen molar-refractivity contribution in [2.75, 3.05) is 11.9 Å². The van der Waals surface area contributed by atoms with Gasteiger partial charge >= 0.3 is 5.97 Å². The molecule has 9 heteroatoms. The number of para-hydroxylation sites is 1. The first-order chi connectivity index (χ1) is 13.5. The lowest BCUT2D eigenvalue weighted by atomic mass is 9.85. The van der Waals surface area contributed by atoms with Gasteiger partial charge in [0.2, 0.25) is 0 Å². The Labute approximate surface area is 163 Å². The van der Waals surface area contributed by atoms with E-state index in [9.17, 15) is 20.0 Å². The number of carboxylic acids is 1. The molecular formula is C19H14N4O4S. The monoisotopic (exact) mass is 394 g/mol. The van der Waals surface area contributed by atoms with Crippen molar-refractivity contribution in [3.8, 4) is 6.07 Å². The number of hydrogen-bond acceptors (Lipinski definition) is 7. The minimum atomic E-state index is -1.23. The highest BCUT2D eigenvalue weighted by Gasteiger charge is 2.43. The molecule has 0 aliphatic carbocycles. The van der Waals surface area contributed by atoms with E-state index in [4.69, 9.17) is 10.2 Å². The van der Waals surface area contributed by atoms with Crippen molar-refractivity contribution in [3.63, 3.8) is 0 Å². The highest BCUT2D eigenvalue weighted by Crippen LogP contribution is 2.48. The zero-order valence-corrected chi connectivity index (χ0v) is 15.2. The largest absolute Gasteiger partial charge is 0.480 e. The molecule has 8 nitrogen and oxygen atoms in total. The van der Waals surface area contributed by atoms with Crippen LogP contribution in [0.2, 0.25) is 0 Å². The van der Waals surface area contributed by atoms with Gasteiger partial charge in [0.1, 0.15) is 18.1 Å². The highest BCUT2D eigenvalue weighted by atomic mass is 32.2. The minimum absolute atomic E-state index is 0.0663. The van der Waals surface area contributed by atoms with E-state index < -0.39 is 24.3 Å². The predicted octanol–water partition coefficient (Wildman–Crippen LogP) is 2.41. The minimum Gasteiger partial charge on any atom is -0.480 e. The quantitative estimate of drug-likeness (QED) is 0.676. The summed E-state index contributed by atoms with van der Waals surface area (Å²) in [6, 6.07) is 12.9. The van der Waals surface area contributed by atoms with E-state index in [0.717, 1.165) is 15.5 Å². The number of aliphatic carboxylic acids is 1. The molecule has 4 N–H and O–H groups in total. The number of carbonyl (C=O) groups excluding carboxylic acids is 1. The second kappa shape index (κ2) is 6.83. The van der Waals surface area contributed by atoms with Gasteiger partial charge in [-0.3, -0.25) is 14.5 Å². The molecule has 2 aliphatic heterocycles. The molecule has 0 saturated carbocycles. The van der Waals surface area contributed by atoms with Crippen molar-refractivity contribution in [1.29, 1.82) is 5.26 Å². The van der Waals surface area contributed by atoms with Crippen LogP contribution < -0.4 is 11.1 Å². The molecule has 2 aliphatic rings. The summed E-state index contributed by atoms with van der Waals surface area (Å²) in [4.78, 5) is 26.4. The molecule has 0 bridgehead atoms. The van der Waals surface area contributed by atoms with E-state index in [1.165, 1.54) is 18.0 Å². The van der Waals surface area contributed by atoms with E-state index in [0.29, 0.717) is 10.8 Å². The topological polar surface area (TPSA) is 133 Å². The molecule has 1 amide bonds. The Morgan fingerprint density at radius 1 is 1.36 bits per heavy atom. The summed E-state index contributed by atoms with van der Waals surface area (Å²) in [5.74, 6) is -2.44. The van der Waals surface area contributed by atoms with Gasteiger partial charge in [0.05, 0.1) is 40.1 Å². The standard InChI is InChI=1S/C19H14N4O4S/c20-8-10-15(12-5-3-7-27-12)16(19(26)23(17(10)21)9-14(24)25)18-22-11-4-1-2-6-13(11)28-18/h1-7,15,22H,9,21H2,(H,24,25)/b18-16-. The third-order valence-electron chi connectivity index (χ3n) is 4.45. The van der Waals surface area contributed by atoms with Crippen LogP contribution >= 0.6 is 11.8 Å². The van der Waals surface area contributed by atoms with Crippen LogP contribution in [0, 0.1) is 11.3 Å². The number of carboxylic acid groups (broad SMARTS) is 1. The van der Waals surface area contributed by atoms with Crippen molar-refractivity contribution in [1.82, 2.24) is 4.90 Å². The number of nitriles is 1. The number of anilines is 1. The van der Waals surface area contributed by atoms with Gasteiger partial charge < -0.3 is 20.6 Å². The molecule has 0 saturated heterocycles. The number of amides is 1. The molecule has 1 aromatic heterocycles. The summed E-state index contributed by atoms with van der Waals surface area (Å²) in [6.45, 7) is -0.644. The number of nitrogens with zero attached hydrogens (tertiary/aromatic N) is 2. The summed E-state index contributed by atoms with van der Waals surface area (Å²) in [6.07, 6.45) is 1.45. The Morgan fingerprint density at radius 2 is 2.14 bits per heavy atom. The Bertz CT molecular complexity index is 1050. The molecule has 0 fully saturated rings. The Balaban J connectivity index is 1.92. The number of fused-ring (bicyclic) bond motifs is 1. The Morgan fingerprint density at radius 3 is 2.79 bits per heavy atom.